The first-order chi connectivity index (χ1) is 10.4. The number of rotatable bonds is 5. The number of aryl methyl sites for hydroxylation is 2. The first-order valence-electron chi connectivity index (χ1n) is 7.00. The van der Waals surface area contributed by atoms with Gasteiger partial charge in [-0.3, -0.25) is 9.00 Å². The lowest BCUT2D eigenvalue weighted by Crippen LogP contribution is -2.26. The standard InChI is InChI=1S/C16H20N2O2S2/c1-10-15(21-12(3)17-10)11(2)18-16(19)14-7-5-6-13(8-14)9-22(4)20/h5-8,11H,9H2,1-4H3,(H,18,19)/t11-,22-/m0/s1. The third-order valence-electron chi connectivity index (χ3n) is 3.24. The molecule has 0 spiro atoms. The van der Waals surface area contributed by atoms with Crippen LogP contribution in [0.3, 0.4) is 0 Å². The minimum Gasteiger partial charge on any atom is -0.345 e. The Kier molecular flexibility index (Phi) is 5.47. The van der Waals surface area contributed by atoms with Crippen LogP contribution in [0.4, 0.5) is 0 Å². The average Bonchev–Trinajstić information content (AvgIpc) is 2.77. The summed E-state index contributed by atoms with van der Waals surface area (Å²) in [5.74, 6) is 0.339. The molecule has 0 saturated heterocycles. The molecule has 6 heteroatoms. The molecular formula is C16H20N2O2S2. The zero-order chi connectivity index (χ0) is 16.3. The van der Waals surface area contributed by atoms with Crippen molar-refractivity contribution in [2.45, 2.75) is 32.6 Å². The van der Waals surface area contributed by atoms with Gasteiger partial charge in [0.25, 0.3) is 5.91 Å². The van der Waals surface area contributed by atoms with E-state index in [1.807, 2.05) is 32.9 Å². The first-order valence-corrected chi connectivity index (χ1v) is 9.55. The number of nitrogens with one attached hydrogen (secondary N) is 1. The van der Waals surface area contributed by atoms with E-state index in [9.17, 15) is 9.00 Å². The summed E-state index contributed by atoms with van der Waals surface area (Å²) in [7, 11) is -0.917. The Labute approximate surface area is 137 Å². The van der Waals surface area contributed by atoms with Crippen molar-refractivity contribution in [2.24, 2.45) is 0 Å². The molecule has 4 nitrogen and oxygen atoms in total. The number of carbonyl (C=O) groups is 1. The van der Waals surface area contributed by atoms with Gasteiger partial charge in [-0.25, -0.2) is 4.98 Å². The molecule has 1 N–H and O–H groups in total. The van der Waals surface area contributed by atoms with Crippen molar-refractivity contribution in [3.8, 4) is 0 Å². The van der Waals surface area contributed by atoms with Gasteiger partial charge in [-0.1, -0.05) is 12.1 Å². The lowest BCUT2D eigenvalue weighted by atomic mass is 10.1. The Bertz CT molecular complexity index is 710. The number of amides is 1. The summed E-state index contributed by atoms with van der Waals surface area (Å²) in [6, 6.07) is 7.20. The van der Waals surface area contributed by atoms with Gasteiger partial charge in [-0.05, 0) is 38.5 Å². The maximum Gasteiger partial charge on any atom is 0.251 e. The molecule has 0 aliphatic rings. The zero-order valence-corrected chi connectivity index (χ0v) is 14.8. The van der Waals surface area contributed by atoms with E-state index in [4.69, 9.17) is 0 Å². The number of thiazole rings is 1. The Morgan fingerprint density at radius 3 is 2.73 bits per heavy atom. The van der Waals surface area contributed by atoms with E-state index in [0.717, 1.165) is 21.1 Å². The highest BCUT2D eigenvalue weighted by Crippen LogP contribution is 2.24. The molecule has 0 fully saturated rings. The van der Waals surface area contributed by atoms with Gasteiger partial charge in [0.1, 0.15) is 0 Å². The Hall–Kier alpha value is -1.53. The van der Waals surface area contributed by atoms with Crippen LogP contribution in [0.2, 0.25) is 0 Å². The summed E-state index contributed by atoms with van der Waals surface area (Å²) in [5, 5.41) is 4.00. The second-order valence-electron chi connectivity index (χ2n) is 5.30. The summed E-state index contributed by atoms with van der Waals surface area (Å²) in [6.07, 6.45) is 1.66. The quantitative estimate of drug-likeness (QED) is 0.912. The maximum absolute atomic E-state index is 12.4. The van der Waals surface area contributed by atoms with Crippen molar-refractivity contribution in [2.75, 3.05) is 6.26 Å². The number of benzene rings is 1. The molecular weight excluding hydrogens is 316 g/mol. The Morgan fingerprint density at radius 1 is 1.41 bits per heavy atom. The summed E-state index contributed by atoms with van der Waals surface area (Å²) in [4.78, 5) is 17.9. The fraction of sp³-hybridized carbons (Fsp3) is 0.375. The van der Waals surface area contributed by atoms with Crippen LogP contribution in [-0.2, 0) is 16.6 Å². The highest BCUT2D eigenvalue weighted by molar-refractivity contribution is 7.83. The van der Waals surface area contributed by atoms with E-state index in [2.05, 4.69) is 10.3 Å². The number of hydrogen-bond acceptors (Lipinski definition) is 4. The molecule has 0 bridgehead atoms. The van der Waals surface area contributed by atoms with E-state index in [1.54, 1.807) is 29.7 Å². The molecule has 0 saturated carbocycles. The van der Waals surface area contributed by atoms with Crippen molar-refractivity contribution in [1.82, 2.24) is 10.3 Å². The van der Waals surface area contributed by atoms with Crippen molar-refractivity contribution >= 4 is 28.0 Å². The first kappa shape index (κ1) is 16.8. The van der Waals surface area contributed by atoms with E-state index in [0.29, 0.717) is 11.3 Å². The summed E-state index contributed by atoms with van der Waals surface area (Å²) >= 11 is 1.61. The van der Waals surface area contributed by atoms with E-state index < -0.39 is 10.8 Å². The number of nitrogens with zero attached hydrogens (tertiary/aromatic N) is 1. The van der Waals surface area contributed by atoms with E-state index in [-0.39, 0.29) is 11.9 Å². The van der Waals surface area contributed by atoms with Crippen LogP contribution < -0.4 is 5.32 Å². The third-order valence-corrected chi connectivity index (χ3v) is 5.23. The minimum atomic E-state index is -0.917. The Morgan fingerprint density at radius 2 is 2.14 bits per heavy atom. The monoisotopic (exact) mass is 336 g/mol. The van der Waals surface area contributed by atoms with Gasteiger partial charge >= 0.3 is 0 Å². The Balaban J connectivity index is 2.11. The van der Waals surface area contributed by atoms with Gasteiger partial charge in [0, 0.05) is 33.2 Å². The van der Waals surface area contributed by atoms with Crippen LogP contribution in [-0.4, -0.2) is 21.4 Å². The largest absolute Gasteiger partial charge is 0.345 e. The molecule has 2 aromatic rings. The number of carbonyl (C=O) groups excluding carboxylic acids is 1. The second kappa shape index (κ2) is 7.15. The van der Waals surface area contributed by atoms with Crippen LogP contribution in [0.25, 0.3) is 0 Å². The topological polar surface area (TPSA) is 59.1 Å². The van der Waals surface area contributed by atoms with Crippen molar-refractivity contribution in [3.63, 3.8) is 0 Å². The molecule has 118 valence electrons. The zero-order valence-electron chi connectivity index (χ0n) is 13.2. The van der Waals surface area contributed by atoms with Crippen LogP contribution >= 0.6 is 11.3 Å². The molecule has 0 aliphatic carbocycles. The maximum atomic E-state index is 12.4. The molecule has 1 amide bonds. The average molecular weight is 336 g/mol. The number of hydrogen-bond donors (Lipinski definition) is 1. The molecule has 2 atom stereocenters. The van der Waals surface area contributed by atoms with Crippen LogP contribution in [0, 0.1) is 13.8 Å². The van der Waals surface area contributed by atoms with Crippen molar-refractivity contribution in [1.29, 1.82) is 0 Å². The van der Waals surface area contributed by atoms with Gasteiger partial charge in [0.2, 0.25) is 0 Å². The van der Waals surface area contributed by atoms with Crippen molar-refractivity contribution < 1.29 is 9.00 Å². The highest BCUT2D eigenvalue weighted by Gasteiger charge is 2.16. The summed E-state index contributed by atoms with van der Waals surface area (Å²) < 4.78 is 11.3. The molecule has 0 unspecified atom stereocenters. The molecule has 1 aromatic carbocycles. The van der Waals surface area contributed by atoms with Gasteiger partial charge < -0.3 is 5.32 Å². The van der Waals surface area contributed by atoms with Crippen molar-refractivity contribution in [3.05, 3.63) is 51.0 Å². The summed E-state index contributed by atoms with van der Waals surface area (Å²) in [6.45, 7) is 5.88. The minimum absolute atomic E-state index is 0.0809. The molecule has 0 aliphatic heterocycles. The summed E-state index contributed by atoms with van der Waals surface area (Å²) in [5.41, 5.74) is 2.46. The van der Waals surface area contributed by atoms with Crippen LogP contribution in [0.5, 0.6) is 0 Å². The predicted molar refractivity (Wildman–Crippen MR) is 91.7 cm³/mol. The molecule has 22 heavy (non-hydrogen) atoms. The fourth-order valence-corrected chi connectivity index (χ4v) is 3.91. The molecule has 1 aromatic heterocycles. The normalized spacial score (nSPS) is 13.6. The van der Waals surface area contributed by atoms with E-state index >= 15 is 0 Å². The van der Waals surface area contributed by atoms with Crippen LogP contribution in [0.15, 0.2) is 24.3 Å². The second-order valence-corrected chi connectivity index (χ2v) is 7.97. The SMILES string of the molecule is Cc1nc(C)c([C@H](C)NC(=O)c2cccc(C[S@](C)=O)c2)s1. The van der Waals surface area contributed by atoms with Gasteiger partial charge in [-0.15, -0.1) is 11.3 Å². The smallest absolute Gasteiger partial charge is 0.251 e. The van der Waals surface area contributed by atoms with Gasteiger partial charge in [-0.2, -0.15) is 0 Å². The third kappa shape index (κ3) is 4.24. The molecule has 0 radical (unpaired) electrons. The predicted octanol–water partition coefficient (Wildman–Crippen LogP) is 3.13. The fourth-order valence-electron chi connectivity index (χ4n) is 2.33. The number of aromatic nitrogens is 1. The van der Waals surface area contributed by atoms with Crippen LogP contribution in [0.1, 0.15) is 44.5 Å². The lowest BCUT2D eigenvalue weighted by Gasteiger charge is -2.13. The van der Waals surface area contributed by atoms with Gasteiger partial charge in [0.15, 0.2) is 0 Å². The molecule has 1 heterocycles. The molecule has 2 rings (SSSR count). The van der Waals surface area contributed by atoms with E-state index in [1.165, 1.54) is 0 Å². The highest BCUT2D eigenvalue weighted by atomic mass is 32.2. The van der Waals surface area contributed by atoms with Gasteiger partial charge in [0.05, 0.1) is 16.7 Å². The lowest BCUT2D eigenvalue weighted by molar-refractivity contribution is 0.0940.